The molecule has 3 rings (SSSR count). The molecule has 1 aliphatic rings. The number of hydrogen-bond acceptors (Lipinski definition) is 2. The first-order chi connectivity index (χ1) is 9.20. The molecule has 0 aliphatic heterocycles. The summed E-state index contributed by atoms with van der Waals surface area (Å²) in [7, 11) is 0. The number of nitrogens with zero attached hydrogens (tertiary/aromatic N) is 2. The maximum Gasteiger partial charge on any atom is 0.147 e. The molecule has 1 aromatic carbocycles. The summed E-state index contributed by atoms with van der Waals surface area (Å²) in [5.41, 5.74) is 6.01. The van der Waals surface area contributed by atoms with Crippen molar-refractivity contribution >= 4 is 11.6 Å². The summed E-state index contributed by atoms with van der Waals surface area (Å²) in [5.74, 6) is 0. The van der Waals surface area contributed by atoms with Crippen LogP contribution in [0.4, 0.5) is 0 Å². The Morgan fingerprint density at radius 1 is 1.21 bits per heavy atom. The molecule has 0 saturated carbocycles. The minimum absolute atomic E-state index is 0.332. The van der Waals surface area contributed by atoms with Crippen LogP contribution in [0, 0.1) is 18.3 Å². The number of benzene rings is 1. The van der Waals surface area contributed by atoms with Crippen LogP contribution in [0.15, 0.2) is 24.3 Å². The van der Waals surface area contributed by atoms with Crippen LogP contribution >= 0.6 is 11.6 Å². The van der Waals surface area contributed by atoms with Gasteiger partial charge in [-0.2, -0.15) is 5.26 Å². The smallest absolute Gasteiger partial charge is 0.147 e. The predicted molar refractivity (Wildman–Crippen MR) is 76.2 cm³/mol. The van der Waals surface area contributed by atoms with Gasteiger partial charge in [-0.25, -0.2) is 4.98 Å². The van der Waals surface area contributed by atoms with Gasteiger partial charge in [0.1, 0.15) is 11.2 Å². The van der Waals surface area contributed by atoms with Gasteiger partial charge in [-0.05, 0) is 37.3 Å². The standard InChI is InChI=1S/C16H13ClN2/c1-10-5-7-11(8-6-10)15-12-3-2-4-14(12)19-16(17)13(15)9-18/h5-8H,2-4H2,1H3. The second-order valence-electron chi connectivity index (χ2n) is 4.91. The number of hydrogen-bond donors (Lipinski definition) is 0. The molecule has 0 amide bonds. The molecule has 3 heteroatoms. The third-order valence-corrected chi connectivity index (χ3v) is 3.91. The number of halogens is 1. The van der Waals surface area contributed by atoms with Crippen molar-refractivity contribution in [3.63, 3.8) is 0 Å². The van der Waals surface area contributed by atoms with Crippen molar-refractivity contribution in [1.82, 2.24) is 4.98 Å². The summed E-state index contributed by atoms with van der Waals surface area (Å²) in [6.45, 7) is 2.05. The SMILES string of the molecule is Cc1ccc(-c2c(C#N)c(Cl)nc3c2CCC3)cc1. The average molecular weight is 269 g/mol. The van der Waals surface area contributed by atoms with E-state index in [1.54, 1.807) is 0 Å². The Bertz CT molecular complexity index is 681. The van der Waals surface area contributed by atoms with E-state index in [1.807, 2.05) is 0 Å². The second kappa shape index (κ2) is 4.68. The van der Waals surface area contributed by atoms with Crippen molar-refractivity contribution in [3.8, 4) is 17.2 Å². The lowest BCUT2D eigenvalue weighted by Gasteiger charge is -2.12. The summed E-state index contributed by atoms with van der Waals surface area (Å²) in [4.78, 5) is 4.37. The fraction of sp³-hybridized carbons (Fsp3) is 0.250. The first kappa shape index (κ1) is 12.2. The minimum Gasteiger partial charge on any atom is -0.239 e. The Hall–Kier alpha value is -1.85. The molecule has 0 atom stereocenters. The number of fused-ring (bicyclic) bond motifs is 1. The average Bonchev–Trinajstić information content (AvgIpc) is 2.86. The largest absolute Gasteiger partial charge is 0.239 e. The van der Waals surface area contributed by atoms with Crippen molar-refractivity contribution < 1.29 is 0 Å². The highest BCUT2D eigenvalue weighted by Gasteiger charge is 2.23. The summed E-state index contributed by atoms with van der Waals surface area (Å²) < 4.78 is 0. The Labute approximate surface area is 117 Å². The molecule has 19 heavy (non-hydrogen) atoms. The van der Waals surface area contributed by atoms with E-state index in [9.17, 15) is 5.26 Å². The molecule has 0 spiro atoms. The first-order valence-electron chi connectivity index (χ1n) is 6.39. The normalized spacial score (nSPS) is 13.1. The van der Waals surface area contributed by atoms with Crippen LogP contribution in [0.3, 0.4) is 0 Å². The monoisotopic (exact) mass is 268 g/mol. The van der Waals surface area contributed by atoms with Crippen LogP contribution < -0.4 is 0 Å². The quantitative estimate of drug-likeness (QED) is 0.731. The van der Waals surface area contributed by atoms with E-state index in [2.05, 4.69) is 42.2 Å². The Balaban J connectivity index is 2.30. The second-order valence-corrected chi connectivity index (χ2v) is 5.27. The zero-order valence-corrected chi connectivity index (χ0v) is 11.5. The number of nitriles is 1. The maximum atomic E-state index is 9.37. The molecule has 0 N–H and O–H groups in total. The molecule has 1 heterocycles. The Morgan fingerprint density at radius 3 is 2.63 bits per heavy atom. The highest BCUT2D eigenvalue weighted by molar-refractivity contribution is 6.31. The van der Waals surface area contributed by atoms with E-state index in [0.29, 0.717) is 10.7 Å². The van der Waals surface area contributed by atoms with Gasteiger partial charge in [-0.15, -0.1) is 0 Å². The zero-order valence-electron chi connectivity index (χ0n) is 10.7. The van der Waals surface area contributed by atoms with E-state index in [1.165, 1.54) is 11.1 Å². The van der Waals surface area contributed by atoms with E-state index in [0.717, 1.165) is 36.1 Å². The zero-order chi connectivity index (χ0) is 13.4. The lowest BCUT2D eigenvalue weighted by Crippen LogP contribution is -1.98. The van der Waals surface area contributed by atoms with Gasteiger partial charge < -0.3 is 0 Å². The van der Waals surface area contributed by atoms with E-state index < -0.39 is 0 Å². The highest BCUT2D eigenvalue weighted by Crippen LogP contribution is 2.37. The predicted octanol–water partition coefficient (Wildman–Crippen LogP) is 4.07. The van der Waals surface area contributed by atoms with Gasteiger partial charge >= 0.3 is 0 Å². The molecular weight excluding hydrogens is 256 g/mol. The lowest BCUT2D eigenvalue weighted by molar-refractivity contribution is 0.899. The number of aryl methyl sites for hydroxylation is 2. The highest BCUT2D eigenvalue weighted by atomic mass is 35.5. The van der Waals surface area contributed by atoms with Crippen molar-refractivity contribution in [2.75, 3.05) is 0 Å². The summed E-state index contributed by atoms with van der Waals surface area (Å²) in [6.07, 6.45) is 3.03. The van der Waals surface area contributed by atoms with Crippen LogP contribution in [0.2, 0.25) is 5.15 Å². The first-order valence-corrected chi connectivity index (χ1v) is 6.77. The van der Waals surface area contributed by atoms with Crippen molar-refractivity contribution in [2.24, 2.45) is 0 Å². The summed E-state index contributed by atoms with van der Waals surface area (Å²) >= 11 is 6.16. The molecular formula is C16H13ClN2. The van der Waals surface area contributed by atoms with Gasteiger partial charge in [-0.1, -0.05) is 41.4 Å². The number of rotatable bonds is 1. The van der Waals surface area contributed by atoms with E-state index in [4.69, 9.17) is 11.6 Å². The number of pyridine rings is 1. The molecule has 2 nitrogen and oxygen atoms in total. The lowest BCUT2D eigenvalue weighted by atomic mass is 9.95. The van der Waals surface area contributed by atoms with Gasteiger partial charge in [0.2, 0.25) is 0 Å². The molecule has 0 saturated heterocycles. The van der Waals surface area contributed by atoms with Gasteiger partial charge in [0.05, 0.1) is 5.56 Å². The van der Waals surface area contributed by atoms with Crippen molar-refractivity contribution in [3.05, 3.63) is 51.8 Å². The molecule has 0 unspecified atom stereocenters. The summed E-state index contributed by atoms with van der Waals surface area (Å²) in [5, 5.41) is 9.70. The molecule has 0 fully saturated rings. The summed E-state index contributed by atoms with van der Waals surface area (Å²) in [6, 6.07) is 10.4. The van der Waals surface area contributed by atoms with E-state index in [-0.39, 0.29) is 0 Å². The van der Waals surface area contributed by atoms with Crippen molar-refractivity contribution in [1.29, 1.82) is 5.26 Å². The third-order valence-electron chi connectivity index (χ3n) is 3.63. The van der Waals surface area contributed by atoms with Crippen LogP contribution in [-0.4, -0.2) is 4.98 Å². The molecule has 2 aromatic rings. The molecule has 0 bridgehead atoms. The molecule has 1 aromatic heterocycles. The fourth-order valence-corrected chi connectivity index (χ4v) is 2.93. The van der Waals surface area contributed by atoms with Gasteiger partial charge in [0.15, 0.2) is 0 Å². The van der Waals surface area contributed by atoms with Crippen LogP contribution in [0.1, 0.15) is 28.8 Å². The Morgan fingerprint density at radius 2 is 1.95 bits per heavy atom. The third kappa shape index (κ3) is 2.01. The van der Waals surface area contributed by atoms with Crippen LogP contribution in [-0.2, 0) is 12.8 Å². The maximum absolute atomic E-state index is 9.37. The number of aromatic nitrogens is 1. The fourth-order valence-electron chi connectivity index (χ4n) is 2.69. The minimum atomic E-state index is 0.332. The molecule has 1 aliphatic carbocycles. The van der Waals surface area contributed by atoms with Crippen LogP contribution in [0.5, 0.6) is 0 Å². The van der Waals surface area contributed by atoms with Gasteiger partial charge in [0.25, 0.3) is 0 Å². The van der Waals surface area contributed by atoms with Gasteiger partial charge in [-0.3, -0.25) is 0 Å². The molecule has 0 radical (unpaired) electrons. The van der Waals surface area contributed by atoms with E-state index >= 15 is 0 Å². The molecule has 94 valence electrons. The topological polar surface area (TPSA) is 36.7 Å². The van der Waals surface area contributed by atoms with Crippen molar-refractivity contribution in [2.45, 2.75) is 26.2 Å². The van der Waals surface area contributed by atoms with Gasteiger partial charge in [0, 0.05) is 11.3 Å². The van der Waals surface area contributed by atoms with Crippen LogP contribution in [0.25, 0.3) is 11.1 Å². The Kier molecular flexibility index (Phi) is 3.00.